The van der Waals surface area contributed by atoms with Gasteiger partial charge in [-0.25, -0.2) is 12.7 Å². The van der Waals surface area contributed by atoms with Crippen molar-refractivity contribution in [1.29, 1.82) is 0 Å². The third-order valence-corrected chi connectivity index (χ3v) is 7.62. The van der Waals surface area contributed by atoms with Crippen molar-refractivity contribution >= 4 is 33.2 Å². The lowest BCUT2D eigenvalue weighted by Gasteiger charge is -2.36. The summed E-state index contributed by atoms with van der Waals surface area (Å²) in [7, 11) is -3.75. The molecule has 2 aromatic rings. The molecular weight excluding hydrogens is 402 g/mol. The van der Waals surface area contributed by atoms with Crippen LogP contribution in [0.4, 0.5) is 11.4 Å². The monoisotopic (exact) mass is 427 g/mol. The number of anilines is 2. The second-order valence-electron chi connectivity index (χ2n) is 8.37. The number of sulfonamides is 1. The highest BCUT2D eigenvalue weighted by molar-refractivity contribution is 7.94. The van der Waals surface area contributed by atoms with Gasteiger partial charge in [0.2, 0.25) is 15.9 Å². The molecule has 2 amide bonds. The fourth-order valence-corrected chi connectivity index (χ4v) is 6.11. The molecule has 2 aliphatic rings. The zero-order valence-corrected chi connectivity index (χ0v) is 17.9. The molecule has 0 bridgehead atoms. The van der Waals surface area contributed by atoms with Crippen LogP contribution in [-0.2, 0) is 14.8 Å². The summed E-state index contributed by atoms with van der Waals surface area (Å²) in [6.07, 6.45) is 0. The zero-order chi connectivity index (χ0) is 21.5. The van der Waals surface area contributed by atoms with Crippen LogP contribution in [0.3, 0.4) is 0 Å². The zero-order valence-electron chi connectivity index (χ0n) is 17.1. The van der Waals surface area contributed by atoms with Gasteiger partial charge in [-0.1, -0.05) is 24.3 Å². The number of nitrogens with zero attached hydrogens (tertiary/aromatic N) is 3. The largest absolute Gasteiger partial charge is 0.368 e. The van der Waals surface area contributed by atoms with E-state index in [1.807, 2.05) is 18.2 Å². The Hall–Kier alpha value is -2.87. The first kappa shape index (κ1) is 20.4. The second-order valence-corrected chi connectivity index (χ2v) is 10.2. The maximum absolute atomic E-state index is 13.0. The van der Waals surface area contributed by atoms with Crippen molar-refractivity contribution in [2.75, 3.05) is 41.1 Å². The van der Waals surface area contributed by atoms with Crippen molar-refractivity contribution in [3.63, 3.8) is 0 Å². The average Bonchev–Trinajstić information content (AvgIpc) is 2.90. The molecule has 0 saturated carbocycles. The predicted octanol–water partition coefficient (Wildman–Crippen LogP) is 2.35. The lowest BCUT2D eigenvalue weighted by molar-refractivity contribution is -0.123. The normalized spacial score (nSPS) is 20.5. The Balaban J connectivity index is 1.51. The molecular formula is C22H25N3O4S. The molecule has 4 rings (SSSR count). The third-order valence-electron chi connectivity index (χ3n) is 5.60. The van der Waals surface area contributed by atoms with Gasteiger partial charge in [0.15, 0.2) is 0 Å². The second kappa shape index (κ2) is 7.43. The van der Waals surface area contributed by atoms with Gasteiger partial charge in [-0.3, -0.25) is 9.59 Å². The van der Waals surface area contributed by atoms with E-state index in [4.69, 9.17) is 0 Å². The maximum atomic E-state index is 13.0. The Labute approximate surface area is 176 Å². The molecule has 2 aliphatic heterocycles. The van der Waals surface area contributed by atoms with Gasteiger partial charge in [-0.15, -0.1) is 0 Å². The smallest absolute Gasteiger partial charge is 0.254 e. The van der Waals surface area contributed by atoms with Gasteiger partial charge in [-0.2, -0.15) is 0 Å². The van der Waals surface area contributed by atoms with E-state index in [2.05, 4.69) is 17.0 Å². The Morgan fingerprint density at radius 3 is 2.13 bits per heavy atom. The lowest BCUT2D eigenvalue weighted by atomic mass is 9.95. The first-order chi connectivity index (χ1) is 14.2. The van der Waals surface area contributed by atoms with Crippen molar-refractivity contribution in [3.05, 3.63) is 60.2 Å². The van der Waals surface area contributed by atoms with Crippen LogP contribution in [0.25, 0.3) is 0 Å². The number of carbonyl (C=O) groups is 2. The van der Waals surface area contributed by atoms with Crippen LogP contribution in [0.1, 0.15) is 24.2 Å². The van der Waals surface area contributed by atoms with Crippen molar-refractivity contribution < 1.29 is 18.0 Å². The number of amides is 2. The molecule has 2 heterocycles. The summed E-state index contributed by atoms with van der Waals surface area (Å²) >= 11 is 0. The maximum Gasteiger partial charge on any atom is 0.254 e. The van der Waals surface area contributed by atoms with E-state index in [-0.39, 0.29) is 17.3 Å². The van der Waals surface area contributed by atoms with Gasteiger partial charge >= 0.3 is 0 Å². The van der Waals surface area contributed by atoms with Crippen LogP contribution < -0.4 is 9.21 Å². The van der Waals surface area contributed by atoms with Crippen molar-refractivity contribution in [3.8, 4) is 0 Å². The Bertz CT molecular complexity index is 1070. The van der Waals surface area contributed by atoms with E-state index >= 15 is 0 Å². The Morgan fingerprint density at radius 1 is 0.900 bits per heavy atom. The van der Waals surface area contributed by atoms with E-state index in [1.54, 1.807) is 36.9 Å². The first-order valence-corrected chi connectivity index (χ1v) is 11.6. The summed E-state index contributed by atoms with van der Waals surface area (Å²) in [6.45, 7) is 5.84. The number of piperazine rings is 1. The third kappa shape index (κ3) is 3.67. The minimum atomic E-state index is -3.75. The Morgan fingerprint density at radius 2 is 1.53 bits per heavy atom. The van der Waals surface area contributed by atoms with Crippen LogP contribution in [0.5, 0.6) is 0 Å². The van der Waals surface area contributed by atoms with Gasteiger partial charge in [0.25, 0.3) is 5.91 Å². The molecule has 0 N–H and O–H groups in total. The van der Waals surface area contributed by atoms with Crippen LogP contribution in [-0.4, -0.2) is 57.1 Å². The van der Waals surface area contributed by atoms with Crippen molar-refractivity contribution in [1.82, 2.24) is 4.90 Å². The van der Waals surface area contributed by atoms with Crippen LogP contribution in [0.2, 0.25) is 0 Å². The molecule has 0 spiro atoms. The molecule has 2 saturated heterocycles. The molecule has 0 unspecified atom stereocenters. The van der Waals surface area contributed by atoms with Crippen molar-refractivity contribution in [2.24, 2.45) is 5.41 Å². The van der Waals surface area contributed by atoms with E-state index < -0.39 is 21.3 Å². The van der Waals surface area contributed by atoms with Gasteiger partial charge < -0.3 is 9.80 Å². The summed E-state index contributed by atoms with van der Waals surface area (Å²) in [6, 6.07) is 16.4. The fraction of sp³-hybridized carbons (Fsp3) is 0.364. The van der Waals surface area contributed by atoms with E-state index in [1.165, 1.54) is 6.07 Å². The summed E-state index contributed by atoms with van der Waals surface area (Å²) in [5.41, 5.74) is 0.756. The van der Waals surface area contributed by atoms with Crippen LogP contribution in [0.15, 0.2) is 54.6 Å². The van der Waals surface area contributed by atoms with E-state index in [0.29, 0.717) is 18.7 Å². The highest BCUT2D eigenvalue weighted by Gasteiger charge is 2.50. The van der Waals surface area contributed by atoms with E-state index in [0.717, 1.165) is 23.1 Å². The summed E-state index contributed by atoms with van der Waals surface area (Å²) < 4.78 is 25.9. The molecule has 0 radical (unpaired) electrons. The molecule has 2 aromatic carbocycles. The summed E-state index contributed by atoms with van der Waals surface area (Å²) in [4.78, 5) is 29.7. The summed E-state index contributed by atoms with van der Waals surface area (Å²) in [5.74, 6) is -0.866. The highest BCUT2D eigenvalue weighted by atomic mass is 32.2. The standard InChI is InChI=1S/C22H25N3O4S/c1-22(2)16-30(28,29)25(21(22)27)19-10-6-7-17(15-19)20(26)24-13-11-23(12-14-24)18-8-4-3-5-9-18/h3-10,15H,11-14,16H2,1-2H3. The van der Waals surface area contributed by atoms with E-state index in [9.17, 15) is 18.0 Å². The highest BCUT2D eigenvalue weighted by Crippen LogP contribution is 2.36. The van der Waals surface area contributed by atoms with Crippen LogP contribution >= 0.6 is 0 Å². The quantitative estimate of drug-likeness (QED) is 0.752. The van der Waals surface area contributed by atoms with Gasteiger partial charge in [0, 0.05) is 37.4 Å². The van der Waals surface area contributed by atoms with Crippen molar-refractivity contribution in [2.45, 2.75) is 13.8 Å². The number of para-hydroxylation sites is 1. The topological polar surface area (TPSA) is 78.0 Å². The Kier molecular flexibility index (Phi) is 5.05. The molecule has 2 fully saturated rings. The number of hydrogen-bond acceptors (Lipinski definition) is 5. The molecule has 7 nitrogen and oxygen atoms in total. The molecule has 158 valence electrons. The number of hydrogen-bond donors (Lipinski definition) is 0. The van der Waals surface area contributed by atoms with Gasteiger partial charge in [0.05, 0.1) is 16.9 Å². The minimum Gasteiger partial charge on any atom is -0.368 e. The SMILES string of the molecule is CC1(C)CS(=O)(=O)N(c2cccc(C(=O)N3CCN(c4ccccc4)CC3)c2)C1=O. The van der Waals surface area contributed by atoms with Crippen LogP contribution in [0, 0.1) is 5.41 Å². The van der Waals surface area contributed by atoms with Gasteiger partial charge in [0.1, 0.15) is 0 Å². The number of benzene rings is 2. The predicted molar refractivity (Wildman–Crippen MR) is 116 cm³/mol. The molecule has 8 heteroatoms. The lowest BCUT2D eigenvalue weighted by Crippen LogP contribution is -2.48. The van der Waals surface area contributed by atoms with Gasteiger partial charge in [-0.05, 0) is 44.2 Å². The first-order valence-electron chi connectivity index (χ1n) is 9.96. The fourth-order valence-electron chi connectivity index (χ4n) is 4.02. The molecule has 0 aliphatic carbocycles. The summed E-state index contributed by atoms with van der Waals surface area (Å²) in [5, 5.41) is 0. The molecule has 30 heavy (non-hydrogen) atoms. The molecule has 0 aromatic heterocycles. The average molecular weight is 428 g/mol. The minimum absolute atomic E-state index is 0.159. The number of rotatable bonds is 3. The molecule has 0 atom stereocenters. The number of carbonyl (C=O) groups excluding carboxylic acids is 2.